The number of primary amides is 1. The van der Waals surface area contributed by atoms with Crippen molar-refractivity contribution in [2.75, 3.05) is 5.32 Å². The highest BCUT2D eigenvalue weighted by molar-refractivity contribution is 6.06. The van der Waals surface area contributed by atoms with Crippen LogP contribution in [0.5, 0.6) is 0 Å². The van der Waals surface area contributed by atoms with E-state index in [1.807, 2.05) is 5.32 Å². The summed E-state index contributed by atoms with van der Waals surface area (Å²) in [4.78, 5) is 58.9. The van der Waals surface area contributed by atoms with E-state index in [2.05, 4.69) is 10.1 Å². The first-order chi connectivity index (χ1) is 16.3. The van der Waals surface area contributed by atoms with E-state index in [1.165, 1.54) is 48.5 Å². The fourth-order valence-corrected chi connectivity index (χ4v) is 2.60. The van der Waals surface area contributed by atoms with Crippen LogP contribution < -0.4 is 22.1 Å². The van der Waals surface area contributed by atoms with E-state index in [-0.39, 0.29) is 22.6 Å². The summed E-state index contributed by atoms with van der Waals surface area (Å²) < 4.78 is 40.7. The van der Waals surface area contributed by atoms with Crippen molar-refractivity contribution in [2.45, 2.75) is 18.6 Å². The zero-order chi connectivity index (χ0) is 26.3. The van der Waals surface area contributed by atoms with Crippen LogP contribution in [0.2, 0.25) is 0 Å². The van der Waals surface area contributed by atoms with Crippen LogP contribution in [0.25, 0.3) is 0 Å². The minimum absolute atomic E-state index is 0.138. The first kappa shape index (κ1) is 26.5. The summed E-state index contributed by atoms with van der Waals surface area (Å²) in [7, 11) is 0. The minimum atomic E-state index is -5.48. The van der Waals surface area contributed by atoms with Gasteiger partial charge in [0.2, 0.25) is 5.91 Å². The predicted octanol–water partition coefficient (Wildman–Crippen LogP) is 0.829. The molecule has 2 aromatic carbocycles. The number of esters is 2. The Morgan fingerprint density at radius 3 is 2.06 bits per heavy atom. The molecule has 0 fully saturated rings. The summed E-state index contributed by atoms with van der Waals surface area (Å²) in [6.45, 7) is 0. The number of nitrogens with one attached hydrogen (secondary N) is 3. The quantitative estimate of drug-likeness (QED) is 0.155. The highest BCUT2D eigenvalue weighted by Gasteiger charge is 2.43. The predicted molar refractivity (Wildman–Crippen MR) is 114 cm³/mol. The fourth-order valence-electron chi connectivity index (χ4n) is 2.60. The van der Waals surface area contributed by atoms with Gasteiger partial charge in [-0.05, 0) is 30.3 Å². The summed E-state index contributed by atoms with van der Waals surface area (Å²) >= 11 is 0. The highest BCUT2D eigenvalue weighted by atomic mass is 19.4. The van der Waals surface area contributed by atoms with Crippen LogP contribution in [0.3, 0.4) is 0 Å². The maximum Gasteiger partial charge on any atom is 0.491 e. The third-order valence-electron chi connectivity index (χ3n) is 4.26. The normalized spacial score (nSPS) is 11.6. The molecule has 0 radical (unpaired) electrons. The Morgan fingerprint density at radius 2 is 1.51 bits per heavy atom. The SMILES string of the molecule is N=C(N)c1ccc(C(=O)Nc2cccc(C(=O)N[C@@H](CC(N)=O)C(=O)OC(=O)C(F)(F)F)c2)cc1. The molecule has 0 aromatic heterocycles. The largest absolute Gasteiger partial charge is 0.491 e. The molecule has 0 bridgehead atoms. The molecule has 14 heteroatoms. The molecule has 3 amide bonds. The van der Waals surface area contributed by atoms with Gasteiger partial charge in [-0.15, -0.1) is 0 Å². The van der Waals surface area contributed by atoms with Crippen molar-refractivity contribution in [2.24, 2.45) is 11.5 Å². The number of amidine groups is 1. The Kier molecular flexibility index (Phi) is 8.26. The number of hydrogen-bond donors (Lipinski definition) is 5. The van der Waals surface area contributed by atoms with Gasteiger partial charge in [-0.3, -0.25) is 19.8 Å². The van der Waals surface area contributed by atoms with Gasteiger partial charge in [-0.25, -0.2) is 9.59 Å². The number of nitrogens with two attached hydrogens (primary N) is 2. The van der Waals surface area contributed by atoms with Crippen LogP contribution in [-0.2, 0) is 19.1 Å². The molecule has 0 heterocycles. The third kappa shape index (κ3) is 7.66. The Morgan fingerprint density at radius 1 is 0.914 bits per heavy atom. The second-order valence-corrected chi connectivity index (χ2v) is 6.93. The molecular weight excluding hydrogens is 475 g/mol. The van der Waals surface area contributed by atoms with Crippen molar-refractivity contribution >= 4 is 41.2 Å². The van der Waals surface area contributed by atoms with Gasteiger partial charge in [0.25, 0.3) is 11.8 Å². The number of hydrogen-bond acceptors (Lipinski definition) is 7. The van der Waals surface area contributed by atoms with Crippen molar-refractivity contribution < 1.29 is 41.9 Å². The van der Waals surface area contributed by atoms with E-state index in [0.717, 1.165) is 0 Å². The molecule has 0 saturated heterocycles. The van der Waals surface area contributed by atoms with Gasteiger partial charge in [-0.1, -0.05) is 18.2 Å². The topological polar surface area (TPSA) is 195 Å². The van der Waals surface area contributed by atoms with Crippen LogP contribution in [0.1, 0.15) is 32.7 Å². The van der Waals surface area contributed by atoms with Gasteiger partial charge in [0, 0.05) is 22.4 Å². The lowest BCUT2D eigenvalue weighted by Gasteiger charge is -2.16. The van der Waals surface area contributed by atoms with Gasteiger partial charge in [0.1, 0.15) is 11.9 Å². The second kappa shape index (κ2) is 10.9. The summed E-state index contributed by atoms with van der Waals surface area (Å²) in [6, 6.07) is 9.00. The van der Waals surface area contributed by atoms with Gasteiger partial charge in [0.15, 0.2) is 0 Å². The van der Waals surface area contributed by atoms with Crippen molar-refractivity contribution in [3.8, 4) is 0 Å². The van der Waals surface area contributed by atoms with Crippen LogP contribution in [-0.4, -0.2) is 47.7 Å². The van der Waals surface area contributed by atoms with Crippen molar-refractivity contribution in [3.63, 3.8) is 0 Å². The van der Waals surface area contributed by atoms with Crippen LogP contribution >= 0.6 is 0 Å². The summed E-state index contributed by atoms with van der Waals surface area (Å²) in [5, 5.41) is 11.8. The summed E-state index contributed by atoms with van der Waals surface area (Å²) in [5.74, 6) is -7.61. The molecular formula is C21H18F3N5O6. The number of ether oxygens (including phenoxy) is 1. The Balaban J connectivity index is 2.13. The smallest absolute Gasteiger partial charge is 0.385 e. The number of rotatable bonds is 8. The van der Waals surface area contributed by atoms with E-state index < -0.39 is 48.3 Å². The first-order valence-corrected chi connectivity index (χ1v) is 9.56. The number of alkyl halides is 3. The van der Waals surface area contributed by atoms with Crippen LogP contribution in [0.15, 0.2) is 48.5 Å². The zero-order valence-corrected chi connectivity index (χ0v) is 17.6. The van der Waals surface area contributed by atoms with Crippen LogP contribution in [0, 0.1) is 5.41 Å². The number of benzene rings is 2. The molecule has 1 atom stereocenters. The molecule has 2 aromatic rings. The molecule has 2 rings (SSSR count). The average molecular weight is 493 g/mol. The molecule has 0 spiro atoms. The molecule has 0 aliphatic rings. The van der Waals surface area contributed by atoms with Crippen molar-refractivity contribution in [1.29, 1.82) is 5.41 Å². The monoisotopic (exact) mass is 493 g/mol. The fraction of sp³-hybridized carbons (Fsp3) is 0.143. The average Bonchev–Trinajstić information content (AvgIpc) is 2.77. The Hall–Kier alpha value is -4.75. The van der Waals surface area contributed by atoms with Crippen molar-refractivity contribution in [3.05, 3.63) is 65.2 Å². The van der Waals surface area contributed by atoms with E-state index in [4.69, 9.17) is 16.9 Å². The van der Waals surface area contributed by atoms with E-state index in [0.29, 0.717) is 5.56 Å². The molecule has 184 valence electrons. The molecule has 0 aliphatic heterocycles. The highest BCUT2D eigenvalue weighted by Crippen LogP contribution is 2.18. The molecule has 0 saturated carbocycles. The molecule has 0 unspecified atom stereocenters. The Bertz CT molecular complexity index is 1180. The summed E-state index contributed by atoms with van der Waals surface area (Å²) in [6.07, 6.45) is -6.42. The number of nitrogen functional groups attached to an aromatic ring is 1. The lowest BCUT2D eigenvalue weighted by Crippen LogP contribution is -2.46. The number of anilines is 1. The van der Waals surface area contributed by atoms with Crippen LogP contribution in [0.4, 0.5) is 18.9 Å². The van der Waals surface area contributed by atoms with Gasteiger partial charge >= 0.3 is 18.1 Å². The standard InChI is InChI=1S/C21H18F3N5O6/c22-21(23,24)20(34)35-19(33)14(9-15(25)30)29-18(32)12-2-1-3-13(8-12)28-17(31)11-6-4-10(5-7-11)16(26)27/h1-8,14H,9H2,(H2,25,30)(H3,26,27)(H,28,31)(H,29,32)/t14-/m0/s1. The van der Waals surface area contributed by atoms with E-state index in [1.54, 1.807) is 0 Å². The van der Waals surface area contributed by atoms with Gasteiger partial charge < -0.3 is 26.8 Å². The van der Waals surface area contributed by atoms with Crippen molar-refractivity contribution in [1.82, 2.24) is 5.32 Å². The summed E-state index contributed by atoms with van der Waals surface area (Å²) in [5.41, 5.74) is 10.9. The first-order valence-electron chi connectivity index (χ1n) is 9.56. The van der Waals surface area contributed by atoms with Gasteiger partial charge in [0.05, 0.1) is 6.42 Å². The number of carbonyl (C=O) groups is 5. The van der Waals surface area contributed by atoms with E-state index in [9.17, 15) is 37.1 Å². The molecule has 11 nitrogen and oxygen atoms in total. The number of carbonyl (C=O) groups excluding carboxylic acids is 5. The third-order valence-corrected chi connectivity index (χ3v) is 4.26. The lowest BCUT2D eigenvalue weighted by atomic mass is 10.1. The maximum absolute atomic E-state index is 12.5. The van der Waals surface area contributed by atoms with E-state index >= 15 is 0 Å². The number of halogens is 3. The minimum Gasteiger partial charge on any atom is -0.385 e. The molecule has 7 N–H and O–H groups in total. The maximum atomic E-state index is 12.5. The zero-order valence-electron chi connectivity index (χ0n) is 17.6. The Labute approximate surface area is 195 Å². The lowest BCUT2D eigenvalue weighted by molar-refractivity contribution is -0.202. The molecule has 0 aliphatic carbocycles. The van der Waals surface area contributed by atoms with Gasteiger partial charge in [-0.2, -0.15) is 13.2 Å². The molecule has 35 heavy (non-hydrogen) atoms. The number of amides is 3. The second-order valence-electron chi connectivity index (χ2n) is 6.93.